The molecule has 1 aliphatic heterocycles. The Labute approximate surface area is 178 Å². The van der Waals surface area contributed by atoms with Crippen LogP contribution in [-0.4, -0.2) is 43.2 Å². The van der Waals surface area contributed by atoms with Crippen LogP contribution in [0, 0.1) is 11.6 Å². The molecule has 1 saturated carbocycles. The molecule has 1 aliphatic carbocycles. The maximum Gasteiger partial charge on any atom is 0.419 e. The molecule has 1 atom stereocenters. The number of anilines is 1. The number of hydrogen-bond acceptors (Lipinski definition) is 5. The van der Waals surface area contributed by atoms with E-state index in [0.717, 1.165) is 12.8 Å². The van der Waals surface area contributed by atoms with Crippen LogP contribution in [0.4, 0.5) is 27.8 Å². The van der Waals surface area contributed by atoms with Crippen LogP contribution in [0.2, 0.25) is 0 Å². The first kappa shape index (κ1) is 20.9. The van der Waals surface area contributed by atoms with Gasteiger partial charge < -0.3 is 15.1 Å². The zero-order chi connectivity index (χ0) is 23.0. The Hall–Kier alpha value is -2.95. The molecule has 2 N–H and O–H groups in total. The minimum absolute atomic E-state index is 0.143. The van der Waals surface area contributed by atoms with Crippen molar-refractivity contribution in [3.63, 3.8) is 0 Å². The second-order valence-electron chi connectivity index (χ2n) is 8.50. The van der Waals surface area contributed by atoms with Crippen molar-refractivity contribution in [1.82, 2.24) is 14.8 Å². The molecule has 6 nitrogen and oxygen atoms in total. The average Bonchev–Trinajstić information content (AvgIpc) is 3.40. The summed E-state index contributed by atoms with van der Waals surface area (Å²) < 4.78 is 69.5. The Kier molecular flexibility index (Phi) is 4.43. The minimum atomic E-state index is -5.13. The first-order chi connectivity index (χ1) is 15.0. The van der Waals surface area contributed by atoms with Crippen molar-refractivity contribution in [2.75, 3.05) is 11.4 Å². The lowest BCUT2D eigenvalue weighted by Gasteiger charge is -2.39. The van der Waals surface area contributed by atoms with Gasteiger partial charge in [0, 0.05) is 42.3 Å². The fourth-order valence-electron chi connectivity index (χ4n) is 4.63. The molecule has 11 heteroatoms. The number of phenolic OH excluding ortho intramolecular Hbond substituents is 1. The van der Waals surface area contributed by atoms with E-state index in [1.165, 1.54) is 10.9 Å². The highest BCUT2D eigenvalue weighted by molar-refractivity contribution is 5.94. The van der Waals surface area contributed by atoms with Crippen molar-refractivity contribution < 1.29 is 32.2 Å². The van der Waals surface area contributed by atoms with Crippen LogP contribution in [0.3, 0.4) is 0 Å². The molecule has 1 spiro atoms. The number of aliphatic hydroxyl groups is 1. The van der Waals surface area contributed by atoms with E-state index in [1.807, 2.05) is 0 Å². The molecule has 1 saturated heterocycles. The number of hydrogen-bond donors (Lipinski definition) is 2. The summed E-state index contributed by atoms with van der Waals surface area (Å²) in [6, 6.07) is 2.03. The number of aliphatic hydroxyl groups excluding tert-OH is 1. The van der Waals surface area contributed by atoms with Crippen LogP contribution in [-0.2, 0) is 13.2 Å². The maximum atomic E-state index is 14.6. The van der Waals surface area contributed by atoms with Crippen molar-refractivity contribution in [2.45, 2.75) is 43.5 Å². The van der Waals surface area contributed by atoms with E-state index in [-0.39, 0.29) is 22.7 Å². The first-order valence-electron chi connectivity index (χ1n) is 10.1. The van der Waals surface area contributed by atoms with E-state index in [0.29, 0.717) is 36.8 Å². The van der Waals surface area contributed by atoms with Gasteiger partial charge in [0.25, 0.3) is 0 Å². The summed E-state index contributed by atoms with van der Waals surface area (Å²) >= 11 is 0. The Morgan fingerprint density at radius 2 is 1.88 bits per heavy atom. The number of nitrogens with zero attached hydrogens (tertiary/aromatic N) is 4. The molecule has 0 bridgehead atoms. The van der Waals surface area contributed by atoms with Gasteiger partial charge in [-0.1, -0.05) is 0 Å². The summed E-state index contributed by atoms with van der Waals surface area (Å²) in [6.07, 6.45) is -1.00. The predicted molar refractivity (Wildman–Crippen MR) is 105 cm³/mol. The number of halogens is 5. The molecule has 2 fully saturated rings. The number of pyridine rings is 1. The fourth-order valence-corrected chi connectivity index (χ4v) is 4.63. The van der Waals surface area contributed by atoms with E-state index >= 15 is 0 Å². The van der Waals surface area contributed by atoms with Gasteiger partial charge in [-0.15, -0.1) is 0 Å². The minimum Gasteiger partial charge on any atom is -0.503 e. The third-order valence-corrected chi connectivity index (χ3v) is 6.44. The number of alkyl halides is 3. The Bertz CT molecular complexity index is 1240. The fraction of sp³-hybridized carbons (Fsp3) is 0.429. The van der Waals surface area contributed by atoms with Crippen LogP contribution in [0.5, 0.6) is 5.75 Å². The van der Waals surface area contributed by atoms with E-state index in [9.17, 15) is 32.2 Å². The third-order valence-electron chi connectivity index (χ3n) is 6.44. The number of benzene rings is 1. The summed E-state index contributed by atoms with van der Waals surface area (Å²) in [5.41, 5.74) is -2.29. The van der Waals surface area contributed by atoms with Gasteiger partial charge in [-0.2, -0.15) is 18.3 Å². The molecule has 0 radical (unpaired) electrons. The van der Waals surface area contributed by atoms with Crippen molar-refractivity contribution in [1.29, 1.82) is 0 Å². The average molecular weight is 454 g/mol. The zero-order valence-electron chi connectivity index (χ0n) is 16.9. The molecular weight excluding hydrogens is 435 g/mol. The Morgan fingerprint density at radius 1 is 1.16 bits per heavy atom. The van der Waals surface area contributed by atoms with Gasteiger partial charge in [0.15, 0.2) is 17.4 Å². The van der Waals surface area contributed by atoms with Gasteiger partial charge in [-0.25, -0.2) is 13.8 Å². The van der Waals surface area contributed by atoms with Crippen molar-refractivity contribution in [3.05, 3.63) is 35.5 Å². The molecule has 3 aromatic rings. The molecule has 3 heterocycles. The van der Waals surface area contributed by atoms with Crippen LogP contribution >= 0.6 is 0 Å². The smallest absolute Gasteiger partial charge is 0.419 e. The topological polar surface area (TPSA) is 74.4 Å². The van der Waals surface area contributed by atoms with E-state index in [4.69, 9.17) is 0 Å². The number of rotatable bonds is 2. The summed E-state index contributed by atoms with van der Waals surface area (Å²) in [5, 5.41) is 24.1. The second-order valence-corrected chi connectivity index (χ2v) is 8.50. The van der Waals surface area contributed by atoms with E-state index in [1.54, 1.807) is 13.1 Å². The SMILES string of the molecule is Cn1nc(-c2cc(C(F)(F)F)c(F)c(O)c2F)c2cnc(N3CCC(O)CC34CC4)cc21. The first-order valence-corrected chi connectivity index (χ1v) is 10.1. The molecule has 32 heavy (non-hydrogen) atoms. The molecule has 5 rings (SSSR count). The number of aromatic hydroxyl groups is 1. The molecule has 2 aromatic heterocycles. The standard InChI is InChI=1S/C21H19F5N4O2/c1-29-14-7-15(30-5-2-10(31)8-20(30)3-4-20)27-9-12(14)18(28-29)11-6-13(21(24,25)26)17(23)19(32)16(11)22/h6-7,9-10,31-32H,2-5,8H2,1H3. The number of aryl methyl sites for hydroxylation is 1. The summed E-state index contributed by atoms with van der Waals surface area (Å²) in [6.45, 7) is 0.611. The normalized spacial score (nSPS) is 20.3. The number of aromatic nitrogens is 3. The van der Waals surface area contributed by atoms with Crippen LogP contribution in [0.1, 0.15) is 31.2 Å². The molecule has 170 valence electrons. The maximum absolute atomic E-state index is 14.6. The summed E-state index contributed by atoms with van der Waals surface area (Å²) in [5.74, 6) is -4.67. The van der Waals surface area contributed by atoms with E-state index < -0.39 is 34.7 Å². The quantitative estimate of drug-likeness (QED) is 0.570. The van der Waals surface area contributed by atoms with Gasteiger partial charge >= 0.3 is 6.18 Å². The Balaban J connectivity index is 1.63. The predicted octanol–water partition coefficient (Wildman–Crippen LogP) is 4.13. The monoisotopic (exact) mass is 454 g/mol. The van der Waals surface area contributed by atoms with Gasteiger partial charge in [-0.3, -0.25) is 4.68 Å². The van der Waals surface area contributed by atoms with Gasteiger partial charge in [-0.05, 0) is 31.7 Å². The summed E-state index contributed by atoms with van der Waals surface area (Å²) in [4.78, 5) is 6.56. The number of fused-ring (bicyclic) bond motifs is 1. The highest BCUT2D eigenvalue weighted by atomic mass is 19.4. The van der Waals surface area contributed by atoms with E-state index in [2.05, 4.69) is 15.0 Å². The van der Waals surface area contributed by atoms with Gasteiger partial charge in [0.1, 0.15) is 11.5 Å². The molecule has 1 unspecified atom stereocenters. The second kappa shape index (κ2) is 6.77. The highest BCUT2D eigenvalue weighted by Crippen LogP contribution is 2.50. The lowest BCUT2D eigenvalue weighted by molar-refractivity contribution is -0.140. The van der Waals surface area contributed by atoms with Crippen molar-refractivity contribution in [3.8, 4) is 17.0 Å². The molecular formula is C21H19F5N4O2. The summed E-state index contributed by atoms with van der Waals surface area (Å²) in [7, 11) is 1.55. The largest absolute Gasteiger partial charge is 0.503 e. The van der Waals surface area contributed by atoms with Gasteiger partial charge in [0.05, 0.1) is 17.2 Å². The Morgan fingerprint density at radius 3 is 2.53 bits per heavy atom. The van der Waals surface area contributed by atoms with Crippen molar-refractivity contribution >= 4 is 16.7 Å². The van der Waals surface area contributed by atoms with Crippen LogP contribution in [0.25, 0.3) is 22.2 Å². The molecule has 0 amide bonds. The van der Waals surface area contributed by atoms with Crippen LogP contribution in [0.15, 0.2) is 18.3 Å². The zero-order valence-corrected chi connectivity index (χ0v) is 16.9. The molecule has 1 aromatic carbocycles. The third kappa shape index (κ3) is 3.09. The lowest BCUT2D eigenvalue weighted by Crippen LogP contribution is -2.46. The van der Waals surface area contributed by atoms with Crippen LogP contribution < -0.4 is 4.90 Å². The highest BCUT2D eigenvalue weighted by Gasteiger charge is 2.51. The number of piperidine rings is 1. The lowest BCUT2D eigenvalue weighted by atomic mass is 9.97. The van der Waals surface area contributed by atoms with Gasteiger partial charge in [0.2, 0.25) is 0 Å². The number of phenols is 1. The molecule has 2 aliphatic rings. The van der Waals surface area contributed by atoms with Crippen molar-refractivity contribution in [2.24, 2.45) is 7.05 Å².